The predicted molar refractivity (Wildman–Crippen MR) is 134 cm³/mol. The number of amides is 1. The number of halogens is 2. The van der Waals surface area contributed by atoms with Crippen LogP contribution in [0.15, 0.2) is 65.5 Å². The number of aliphatic hydroxyl groups is 1. The van der Waals surface area contributed by atoms with Crippen molar-refractivity contribution in [1.82, 2.24) is 14.0 Å². The zero-order valence-electron chi connectivity index (χ0n) is 19.4. The molecule has 1 saturated heterocycles. The summed E-state index contributed by atoms with van der Waals surface area (Å²) in [6.45, 7) is 0.571. The number of β-amino-alcohol motifs (C(OH)–C–C–N with tert-alkyl or cyclic N) is 1. The lowest BCUT2D eigenvalue weighted by atomic mass is 10.00. The highest BCUT2D eigenvalue weighted by Crippen LogP contribution is 2.51. The summed E-state index contributed by atoms with van der Waals surface area (Å²) in [5.41, 5.74) is 0.200. The van der Waals surface area contributed by atoms with Gasteiger partial charge in [-0.1, -0.05) is 23.7 Å². The van der Waals surface area contributed by atoms with E-state index in [-0.39, 0.29) is 24.6 Å². The van der Waals surface area contributed by atoms with E-state index in [0.29, 0.717) is 40.1 Å². The number of likely N-dealkylation sites (tertiary alicyclic amines) is 1. The van der Waals surface area contributed by atoms with Crippen LogP contribution in [0.3, 0.4) is 0 Å². The van der Waals surface area contributed by atoms with Crippen LogP contribution in [0.1, 0.15) is 39.1 Å². The molecule has 2 fully saturated rings. The van der Waals surface area contributed by atoms with Crippen LogP contribution < -0.4 is 5.69 Å². The fourth-order valence-corrected chi connectivity index (χ4v) is 5.35. The Morgan fingerprint density at radius 2 is 1.70 bits per heavy atom. The monoisotopic (exact) mass is 521 g/mol. The molecule has 4 aromatic rings. The molecule has 37 heavy (non-hydrogen) atoms. The van der Waals surface area contributed by atoms with E-state index >= 15 is 4.39 Å². The van der Waals surface area contributed by atoms with Gasteiger partial charge in [0.1, 0.15) is 5.82 Å². The molecule has 2 N–H and O–H groups in total. The van der Waals surface area contributed by atoms with E-state index < -0.39 is 34.7 Å². The van der Waals surface area contributed by atoms with Gasteiger partial charge in [0.25, 0.3) is 5.91 Å². The third kappa shape index (κ3) is 3.57. The van der Waals surface area contributed by atoms with Crippen molar-refractivity contribution in [2.45, 2.75) is 24.5 Å². The average Bonchev–Trinajstić information content (AvgIpc) is 3.59. The minimum absolute atomic E-state index is 0.154. The summed E-state index contributed by atoms with van der Waals surface area (Å²) in [5, 5.41) is 19.3. The maximum absolute atomic E-state index is 15.3. The number of benzene rings is 3. The Bertz CT molecular complexity index is 1650. The Balaban J connectivity index is 1.49. The van der Waals surface area contributed by atoms with Crippen molar-refractivity contribution in [2.24, 2.45) is 0 Å². The highest BCUT2D eigenvalue weighted by atomic mass is 35.5. The molecule has 1 aliphatic heterocycles. The van der Waals surface area contributed by atoms with Crippen molar-refractivity contribution in [3.63, 3.8) is 0 Å². The maximum atomic E-state index is 15.3. The number of aromatic nitrogens is 2. The topological polar surface area (TPSA) is 105 Å². The smallest absolute Gasteiger partial charge is 0.338 e. The Hall–Kier alpha value is -3.95. The molecular formula is C27H21ClFN3O5. The lowest BCUT2D eigenvalue weighted by molar-refractivity contribution is 0.00589. The molecule has 2 heterocycles. The van der Waals surface area contributed by atoms with Gasteiger partial charge in [-0.05, 0) is 61.4 Å². The maximum Gasteiger partial charge on any atom is 0.338 e. The van der Waals surface area contributed by atoms with Gasteiger partial charge in [-0.25, -0.2) is 14.0 Å². The zero-order valence-corrected chi connectivity index (χ0v) is 20.2. The number of rotatable bonds is 5. The zero-order chi connectivity index (χ0) is 26.1. The SMILES string of the molecule is O=C(O)c1cccc(C2(n3c(=O)n(-c4ccc(C(=O)N5CC(O)C5)cc4)c4cc(Cl)ccc43)CC2)c1F. The highest BCUT2D eigenvalue weighted by molar-refractivity contribution is 6.31. The Kier molecular flexibility index (Phi) is 5.25. The molecule has 3 aromatic carbocycles. The molecule has 2 aliphatic rings. The Morgan fingerprint density at radius 3 is 2.32 bits per heavy atom. The van der Waals surface area contributed by atoms with Gasteiger partial charge < -0.3 is 15.1 Å². The molecule has 1 amide bonds. The standard InChI is InChI=1S/C27H21ClFN3O5/c28-16-6-9-21-22(12-16)31(17-7-4-15(5-8-17)24(34)30-13-18(33)14-30)26(37)32(21)27(10-11-27)20-3-1-2-19(23(20)29)25(35)36/h1-9,12,18,33H,10-11,13-14H2,(H,35,36). The van der Waals surface area contributed by atoms with Gasteiger partial charge in [-0.15, -0.1) is 0 Å². The number of fused-ring (bicyclic) bond motifs is 1. The van der Waals surface area contributed by atoms with Gasteiger partial charge in [0.2, 0.25) is 0 Å². The van der Waals surface area contributed by atoms with E-state index in [1.165, 1.54) is 32.2 Å². The van der Waals surface area contributed by atoms with Gasteiger partial charge in [0.15, 0.2) is 0 Å². The number of hydrogen-bond acceptors (Lipinski definition) is 4. The number of carboxylic acids is 1. The first-order chi connectivity index (χ1) is 17.7. The van der Waals surface area contributed by atoms with Gasteiger partial charge in [-0.3, -0.25) is 13.9 Å². The molecule has 1 saturated carbocycles. The first-order valence-electron chi connectivity index (χ1n) is 11.7. The van der Waals surface area contributed by atoms with E-state index in [4.69, 9.17) is 11.6 Å². The normalized spacial score (nSPS) is 16.6. The summed E-state index contributed by atoms with van der Waals surface area (Å²) >= 11 is 6.28. The molecule has 8 nitrogen and oxygen atoms in total. The third-order valence-electron chi connectivity index (χ3n) is 7.21. The van der Waals surface area contributed by atoms with Crippen LogP contribution in [0.5, 0.6) is 0 Å². The third-order valence-corrected chi connectivity index (χ3v) is 7.44. The highest BCUT2D eigenvalue weighted by Gasteiger charge is 2.51. The number of aromatic carboxylic acids is 1. The molecule has 188 valence electrons. The van der Waals surface area contributed by atoms with E-state index in [2.05, 4.69) is 0 Å². The van der Waals surface area contributed by atoms with Crippen molar-refractivity contribution in [3.05, 3.63) is 98.7 Å². The van der Waals surface area contributed by atoms with Crippen molar-refractivity contribution < 1.29 is 24.2 Å². The summed E-state index contributed by atoms with van der Waals surface area (Å²) in [6.07, 6.45) is 0.418. The molecule has 6 rings (SSSR count). The van der Waals surface area contributed by atoms with Crippen LogP contribution in [0.2, 0.25) is 5.02 Å². The van der Waals surface area contributed by atoms with Crippen molar-refractivity contribution >= 4 is 34.5 Å². The summed E-state index contributed by atoms with van der Waals surface area (Å²) in [4.78, 5) is 39.6. The van der Waals surface area contributed by atoms with E-state index in [0.717, 1.165) is 0 Å². The molecule has 0 unspecified atom stereocenters. The molecule has 10 heteroatoms. The second-order valence-corrected chi connectivity index (χ2v) is 9.94. The number of nitrogens with zero attached hydrogens (tertiary/aromatic N) is 3. The van der Waals surface area contributed by atoms with E-state index in [1.54, 1.807) is 42.5 Å². The molecule has 1 aliphatic carbocycles. The van der Waals surface area contributed by atoms with Gasteiger partial charge in [0, 0.05) is 29.2 Å². The fourth-order valence-electron chi connectivity index (χ4n) is 5.18. The Morgan fingerprint density at radius 1 is 1.00 bits per heavy atom. The number of imidazole rings is 1. The van der Waals surface area contributed by atoms with Gasteiger partial charge >= 0.3 is 11.7 Å². The molecule has 1 aromatic heterocycles. The number of aliphatic hydroxyl groups excluding tert-OH is 1. The number of carbonyl (C=O) groups is 2. The molecule has 0 bridgehead atoms. The lowest BCUT2D eigenvalue weighted by Gasteiger charge is -2.35. The second-order valence-electron chi connectivity index (χ2n) is 9.50. The van der Waals surface area contributed by atoms with Crippen LogP contribution in [0.25, 0.3) is 16.7 Å². The van der Waals surface area contributed by atoms with Crippen molar-refractivity contribution in [1.29, 1.82) is 0 Å². The van der Waals surface area contributed by atoms with Crippen LogP contribution in [0, 0.1) is 5.82 Å². The Labute approximate surface area is 214 Å². The molecule has 0 atom stereocenters. The first kappa shape index (κ1) is 23.4. The average molecular weight is 522 g/mol. The number of carbonyl (C=O) groups excluding carboxylic acids is 1. The van der Waals surface area contributed by atoms with Crippen molar-refractivity contribution in [2.75, 3.05) is 13.1 Å². The van der Waals surface area contributed by atoms with E-state index in [9.17, 15) is 24.6 Å². The van der Waals surface area contributed by atoms with E-state index in [1.807, 2.05) is 0 Å². The van der Waals surface area contributed by atoms with Crippen LogP contribution in [0.4, 0.5) is 4.39 Å². The number of hydrogen-bond donors (Lipinski definition) is 2. The first-order valence-corrected chi connectivity index (χ1v) is 12.1. The summed E-state index contributed by atoms with van der Waals surface area (Å²) in [6, 6.07) is 15.7. The minimum atomic E-state index is -1.38. The molecule has 0 spiro atoms. The second kappa shape index (κ2) is 8.29. The van der Waals surface area contributed by atoms with Crippen LogP contribution in [-0.4, -0.2) is 55.3 Å². The molecule has 0 radical (unpaired) electrons. The summed E-state index contributed by atoms with van der Waals surface area (Å²) in [5.74, 6) is -2.44. The quantitative estimate of drug-likeness (QED) is 0.417. The van der Waals surface area contributed by atoms with Gasteiger partial charge in [-0.2, -0.15) is 0 Å². The number of carboxylic acid groups (broad SMARTS) is 1. The minimum Gasteiger partial charge on any atom is -0.478 e. The van der Waals surface area contributed by atoms with Crippen LogP contribution >= 0.6 is 11.6 Å². The predicted octanol–water partition coefficient (Wildman–Crippen LogP) is 3.64. The fraction of sp³-hybridized carbons (Fsp3) is 0.222. The van der Waals surface area contributed by atoms with Crippen molar-refractivity contribution in [3.8, 4) is 5.69 Å². The largest absolute Gasteiger partial charge is 0.478 e. The lowest BCUT2D eigenvalue weighted by Crippen LogP contribution is -2.53. The summed E-state index contributed by atoms with van der Waals surface area (Å²) < 4.78 is 18.3. The summed E-state index contributed by atoms with van der Waals surface area (Å²) in [7, 11) is 0. The molecular weight excluding hydrogens is 501 g/mol. The van der Waals surface area contributed by atoms with Crippen LogP contribution in [-0.2, 0) is 5.54 Å². The van der Waals surface area contributed by atoms with Gasteiger partial charge in [0.05, 0.1) is 33.9 Å².